The van der Waals surface area contributed by atoms with Crippen LogP contribution < -0.4 is 0 Å². The molecular formula is C20H27FN2O2. The molecule has 0 radical (unpaired) electrons. The Labute approximate surface area is 148 Å². The van der Waals surface area contributed by atoms with Crippen molar-refractivity contribution < 1.29 is 13.9 Å². The third-order valence-electron chi connectivity index (χ3n) is 5.89. The summed E-state index contributed by atoms with van der Waals surface area (Å²) >= 11 is 0. The fourth-order valence-corrected chi connectivity index (χ4v) is 4.32. The molecule has 4 nitrogen and oxygen atoms in total. The van der Waals surface area contributed by atoms with Gasteiger partial charge in [0.2, 0.25) is 5.91 Å². The first-order valence-electron chi connectivity index (χ1n) is 9.58. The Balaban J connectivity index is 1.38. The molecule has 1 amide bonds. The van der Waals surface area contributed by atoms with Crippen molar-refractivity contribution in [1.29, 1.82) is 0 Å². The summed E-state index contributed by atoms with van der Waals surface area (Å²) in [4.78, 5) is 17.7. The number of halogens is 1. The molecule has 4 rings (SSSR count). The maximum atomic E-state index is 13.1. The van der Waals surface area contributed by atoms with Gasteiger partial charge in [0.15, 0.2) is 0 Å². The zero-order valence-corrected chi connectivity index (χ0v) is 14.7. The highest BCUT2D eigenvalue weighted by atomic mass is 19.1. The number of morpholine rings is 1. The summed E-state index contributed by atoms with van der Waals surface area (Å²) in [6, 6.07) is 6.99. The number of rotatable bonds is 4. The highest BCUT2D eigenvalue weighted by molar-refractivity contribution is 5.83. The monoisotopic (exact) mass is 346 g/mol. The van der Waals surface area contributed by atoms with Gasteiger partial charge in [-0.15, -0.1) is 0 Å². The number of hydrogen-bond donors (Lipinski definition) is 0. The molecule has 0 unspecified atom stereocenters. The Bertz CT molecular complexity index is 600. The SMILES string of the molecule is O=C([C@@H]1C[C@@H]1c1ccc(F)cc1)N1CCCC[C@@H]1CN1CCOCC1. The molecule has 2 saturated heterocycles. The van der Waals surface area contributed by atoms with Crippen LogP contribution in [-0.4, -0.2) is 61.1 Å². The summed E-state index contributed by atoms with van der Waals surface area (Å²) < 4.78 is 18.5. The fourth-order valence-electron chi connectivity index (χ4n) is 4.32. The van der Waals surface area contributed by atoms with Crippen molar-refractivity contribution in [2.45, 2.75) is 37.6 Å². The van der Waals surface area contributed by atoms with E-state index in [9.17, 15) is 9.18 Å². The molecule has 0 spiro atoms. The number of likely N-dealkylation sites (tertiary alicyclic amines) is 1. The Morgan fingerprint density at radius 3 is 2.64 bits per heavy atom. The lowest BCUT2D eigenvalue weighted by Crippen LogP contribution is -2.51. The zero-order valence-electron chi connectivity index (χ0n) is 14.7. The van der Waals surface area contributed by atoms with Crippen LogP contribution in [0, 0.1) is 11.7 Å². The average Bonchev–Trinajstić information content (AvgIpc) is 3.44. The van der Waals surface area contributed by atoms with Crippen LogP contribution in [0.3, 0.4) is 0 Å². The van der Waals surface area contributed by atoms with Gasteiger partial charge in [0.1, 0.15) is 5.82 Å². The third-order valence-corrected chi connectivity index (χ3v) is 5.89. The van der Waals surface area contributed by atoms with E-state index in [0.29, 0.717) is 11.9 Å². The predicted molar refractivity (Wildman–Crippen MR) is 93.9 cm³/mol. The lowest BCUT2D eigenvalue weighted by Gasteiger charge is -2.40. The van der Waals surface area contributed by atoms with Gasteiger partial charge < -0.3 is 9.64 Å². The summed E-state index contributed by atoms with van der Waals surface area (Å²) in [6.07, 6.45) is 4.34. The van der Waals surface area contributed by atoms with Crippen LogP contribution >= 0.6 is 0 Å². The van der Waals surface area contributed by atoms with Crippen molar-refractivity contribution in [2.24, 2.45) is 5.92 Å². The Hall–Kier alpha value is -1.46. The second kappa shape index (κ2) is 7.42. The quantitative estimate of drug-likeness (QED) is 0.840. The van der Waals surface area contributed by atoms with E-state index in [-0.39, 0.29) is 17.7 Å². The first kappa shape index (κ1) is 17.0. The summed E-state index contributed by atoms with van der Waals surface area (Å²) in [5.74, 6) is 0.469. The number of nitrogens with zero attached hydrogens (tertiary/aromatic N) is 2. The standard InChI is InChI=1S/C20H27FN2O2/c21-16-6-4-15(5-7-16)18-13-19(18)20(24)23-8-2-1-3-17(23)14-22-9-11-25-12-10-22/h4-7,17-19H,1-3,8-14H2/t17-,18-,19-/m1/s1. The first-order chi connectivity index (χ1) is 12.2. The number of ether oxygens (including phenoxy) is 1. The minimum absolute atomic E-state index is 0.0933. The second-order valence-corrected chi connectivity index (χ2v) is 7.59. The molecule has 1 aromatic carbocycles. The van der Waals surface area contributed by atoms with Crippen molar-refractivity contribution in [2.75, 3.05) is 39.4 Å². The van der Waals surface area contributed by atoms with E-state index in [1.54, 1.807) is 0 Å². The van der Waals surface area contributed by atoms with E-state index < -0.39 is 0 Å². The number of carbonyl (C=O) groups excluding carboxylic acids is 1. The number of piperidine rings is 1. The lowest BCUT2D eigenvalue weighted by molar-refractivity contribution is -0.137. The summed E-state index contributed by atoms with van der Waals surface area (Å²) in [5, 5.41) is 0. The fraction of sp³-hybridized carbons (Fsp3) is 0.650. The molecule has 2 aliphatic heterocycles. The van der Waals surface area contributed by atoms with E-state index in [4.69, 9.17) is 4.74 Å². The highest BCUT2D eigenvalue weighted by Gasteiger charge is 2.47. The molecule has 0 aromatic heterocycles. The number of carbonyl (C=O) groups is 1. The predicted octanol–water partition coefficient (Wildman–Crippen LogP) is 2.64. The average molecular weight is 346 g/mol. The molecule has 136 valence electrons. The normalized spacial score (nSPS) is 30.3. The molecule has 0 bridgehead atoms. The molecule has 25 heavy (non-hydrogen) atoms. The van der Waals surface area contributed by atoms with Crippen molar-refractivity contribution >= 4 is 5.91 Å². The van der Waals surface area contributed by atoms with E-state index in [2.05, 4.69) is 9.80 Å². The number of benzene rings is 1. The maximum Gasteiger partial charge on any atom is 0.226 e. The number of hydrogen-bond acceptors (Lipinski definition) is 3. The Morgan fingerprint density at radius 2 is 1.88 bits per heavy atom. The van der Waals surface area contributed by atoms with Gasteiger partial charge >= 0.3 is 0 Å². The van der Waals surface area contributed by atoms with Crippen molar-refractivity contribution in [3.8, 4) is 0 Å². The Kier molecular flexibility index (Phi) is 5.04. The molecule has 3 fully saturated rings. The molecule has 1 saturated carbocycles. The zero-order chi connectivity index (χ0) is 17.2. The van der Waals surface area contributed by atoms with Crippen molar-refractivity contribution in [1.82, 2.24) is 9.80 Å². The van der Waals surface area contributed by atoms with Crippen LogP contribution in [0.2, 0.25) is 0 Å². The molecule has 1 aromatic rings. The van der Waals surface area contributed by atoms with E-state index in [0.717, 1.165) is 64.2 Å². The molecule has 3 aliphatic rings. The lowest BCUT2D eigenvalue weighted by atomic mass is 10.00. The second-order valence-electron chi connectivity index (χ2n) is 7.59. The topological polar surface area (TPSA) is 32.8 Å². The van der Waals surface area contributed by atoms with Crippen molar-refractivity contribution in [3.05, 3.63) is 35.6 Å². The molecule has 3 atom stereocenters. The first-order valence-corrected chi connectivity index (χ1v) is 9.58. The van der Waals surface area contributed by atoms with Crippen LogP contribution in [0.5, 0.6) is 0 Å². The van der Waals surface area contributed by atoms with E-state index >= 15 is 0 Å². The van der Waals surface area contributed by atoms with Gasteiger partial charge in [-0.25, -0.2) is 4.39 Å². The molecule has 1 aliphatic carbocycles. The maximum absolute atomic E-state index is 13.1. The van der Waals surface area contributed by atoms with Gasteiger partial charge in [-0.1, -0.05) is 12.1 Å². The smallest absolute Gasteiger partial charge is 0.226 e. The summed E-state index contributed by atoms with van der Waals surface area (Å²) in [7, 11) is 0. The molecule has 5 heteroatoms. The van der Waals surface area contributed by atoms with Crippen LogP contribution in [-0.2, 0) is 9.53 Å². The van der Waals surface area contributed by atoms with Gasteiger partial charge in [-0.2, -0.15) is 0 Å². The largest absolute Gasteiger partial charge is 0.379 e. The van der Waals surface area contributed by atoms with Crippen LogP contribution in [0.1, 0.15) is 37.2 Å². The van der Waals surface area contributed by atoms with Crippen molar-refractivity contribution in [3.63, 3.8) is 0 Å². The van der Waals surface area contributed by atoms with Crippen LogP contribution in [0.4, 0.5) is 4.39 Å². The van der Waals surface area contributed by atoms with Crippen LogP contribution in [0.25, 0.3) is 0 Å². The van der Waals surface area contributed by atoms with Gasteiger partial charge in [-0.05, 0) is 49.3 Å². The molecule has 0 N–H and O–H groups in total. The molecular weight excluding hydrogens is 319 g/mol. The minimum Gasteiger partial charge on any atom is -0.379 e. The molecule has 2 heterocycles. The summed E-state index contributed by atoms with van der Waals surface area (Å²) in [5.41, 5.74) is 1.10. The van der Waals surface area contributed by atoms with Gasteiger partial charge in [0.25, 0.3) is 0 Å². The van der Waals surface area contributed by atoms with Crippen LogP contribution in [0.15, 0.2) is 24.3 Å². The minimum atomic E-state index is -0.214. The summed E-state index contributed by atoms with van der Waals surface area (Å²) in [6.45, 7) is 5.41. The van der Waals surface area contributed by atoms with Gasteiger partial charge in [0.05, 0.1) is 13.2 Å². The third kappa shape index (κ3) is 3.87. The highest BCUT2D eigenvalue weighted by Crippen LogP contribution is 2.49. The number of amides is 1. The van der Waals surface area contributed by atoms with Gasteiger partial charge in [0, 0.05) is 38.1 Å². The van der Waals surface area contributed by atoms with Gasteiger partial charge in [-0.3, -0.25) is 9.69 Å². The van der Waals surface area contributed by atoms with E-state index in [1.165, 1.54) is 18.6 Å². The Morgan fingerprint density at radius 1 is 1.12 bits per heavy atom. The van der Waals surface area contributed by atoms with E-state index in [1.807, 2.05) is 12.1 Å².